The molecule has 0 aliphatic carbocycles. The zero-order chi connectivity index (χ0) is 13.8. The number of hydrogen-bond donors (Lipinski definition) is 1. The minimum atomic E-state index is 0.277. The molecule has 0 saturated heterocycles. The summed E-state index contributed by atoms with van der Waals surface area (Å²) in [6, 6.07) is 0. The van der Waals surface area contributed by atoms with E-state index in [9.17, 15) is 0 Å². The van der Waals surface area contributed by atoms with Crippen molar-refractivity contribution < 1.29 is 5.11 Å². The summed E-state index contributed by atoms with van der Waals surface area (Å²) in [5.74, 6) is 1.66. The molecule has 0 aliphatic heterocycles. The van der Waals surface area contributed by atoms with Crippen LogP contribution >= 0.6 is 11.8 Å². The van der Waals surface area contributed by atoms with Gasteiger partial charge in [0, 0.05) is 23.7 Å². The Morgan fingerprint density at radius 3 is 2.63 bits per heavy atom. The van der Waals surface area contributed by atoms with E-state index in [0.29, 0.717) is 5.78 Å². The Kier molecular flexibility index (Phi) is 4.76. The molecule has 2 aromatic rings. The molecule has 0 bridgehead atoms. The maximum Gasteiger partial charge on any atom is 0.253 e. The van der Waals surface area contributed by atoms with Gasteiger partial charge in [0.1, 0.15) is 0 Å². The first-order valence-corrected chi connectivity index (χ1v) is 7.56. The molecule has 19 heavy (non-hydrogen) atoms. The van der Waals surface area contributed by atoms with Crippen LogP contribution in [0.1, 0.15) is 36.2 Å². The smallest absolute Gasteiger partial charge is 0.253 e. The number of aliphatic hydroxyl groups is 1. The van der Waals surface area contributed by atoms with Crippen molar-refractivity contribution in [1.29, 1.82) is 0 Å². The summed E-state index contributed by atoms with van der Waals surface area (Å²) in [4.78, 5) is 8.90. The molecule has 0 fully saturated rings. The number of aliphatic hydroxyl groups excluding tert-OH is 1. The van der Waals surface area contributed by atoms with Crippen LogP contribution < -0.4 is 0 Å². The Labute approximate surface area is 117 Å². The van der Waals surface area contributed by atoms with Gasteiger partial charge >= 0.3 is 0 Å². The van der Waals surface area contributed by atoms with Gasteiger partial charge in [0.2, 0.25) is 5.16 Å². The van der Waals surface area contributed by atoms with E-state index in [1.165, 1.54) is 0 Å². The summed E-state index contributed by atoms with van der Waals surface area (Å²) in [6.07, 6.45) is 3.00. The lowest BCUT2D eigenvalue weighted by atomic mass is 10.2. The van der Waals surface area contributed by atoms with Crippen LogP contribution in [0.3, 0.4) is 0 Å². The van der Waals surface area contributed by atoms with E-state index in [4.69, 9.17) is 5.11 Å². The third-order valence-electron chi connectivity index (χ3n) is 3.28. The molecule has 1 N–H and O–H groups in total. The second-order valence-electron chi connectivity index (χ2n) is 4.65. The topological polar surface area (TPSA) is 63.3 Å². The largest absolute Gasteiger partial charge is 0.396 e. The Morgan fingerprint density at radius 2 is 1.89 bits per heavy atom. The number of fused-ring (bicyclic) bond motifs is 1. The Bertz CT molecular complexity index is 567. The van der Waals surface area contributed by atoms with Crippen LogP contribution in [0.5, 0.6) is 0 Å². The molecule has 0 aromatic carbocycles. The average molecular weight is 280 g/mol. The second-order valence-corrected chi connectivity index (χ2v) is 5.71. The summed E-state index contributed by atoms with van der Waals surface area (Å²) in [5.41, 5.74) is 3.27. The number of thioether (sulfide) groups is 1. The highest BCUT2D eigenvalue weighted by Gasteiger charge is 2.10. The van der Waals surface area contributed by atoms with E-state index in [1.54, 1.807) is 11.8 Å². The van der Waals surface area contributed by atoms with Crippen LogP contribution in [-0.2, 0) is 0 Å². The van der Waals surface area contributed by atoms with Gasteiger partial charge in [0.15, 0.2) is 0 Å². The molecular weight excluding hydrogens is 260 g/mol. The van der Waals surface area contributed by atoms with Crippen molar-refractivity contribution in [3.05, 3.63) is 17.0 Å². The lowest BCUT2D eigenvalue weighted by Crippen LogP contribution is -2.02. The van der Waals surface area contributed by atoms with Gasteiger partial charge in [0.25, 0.3) is 5.78 Å². The average Bonchev–Trinajstić information content (AvgIpc) is 2.79. The normalized spacial score (nSPS) is 11.4. The van der Waals surface area contributed by atoms with Crippen molar-refractivity contribution in [1.82, 2.24) is 19.6 Å². The third-order valence-corrected chi connectivity index (χ3v) is 4.20. The SMILES string of the molecule is Cc1nc2nc(SCCCCCO)nn2c(C)c1C. The van der Waals surface area contributed by atoms with Crippen LogP contribution in [0.25, 0.3) is 5.78 Å². The molecule has 0 saturated carbocycles. The summed E-state index contributed by atoms with van der Waals surface area (Å²) in [7, 11) is 0. The van der Waals surface area contributed by atoms with Crippen LogP contribution in [-0.4, -0.2) is 37.0 Å². The Hall–Kier alpha value is -1.14. The van der Waals surface area contributed by atoms with Crippen molar-refractivity contribution in [2.45, 2.75) is 45.2 Å². The maximum absolute atomic E-state index is 8.72. The summed E-state index contributed by atoms with van der Waals surface area (Å²) < 4.78 is 1.82. The van der Waals surface area contributed by atoms with Gasteiger partial charge in [-0.15, -0.1) is 5.10 Å². The van der Waals surface area contributed by atoms with Crippen LogP contribution in [0.4, 0.5) is 0 Å². The van der Waals surface area contributed by atoms with E-state index in [2.05, 4.69) is 22.0 Å². The predicted molar refractivity (Wildman–Crippen MR) is 76.7 cm³/mol. The van der Waals surface area contributed by atoms with Crippen LogP contribution in [0, 0.1) is 20.8 Å². The molecular formula is C13H20N4OS. The third kappa shape index (κ3) is 3.25. The number of unbranched alkanes of at least 4 members (excludes halogenated alkanes) is 2. The van der Waals surface area contributed by atoms with E-state index in [0.717, 1.165) is 47.1 Å². The number of rotatable bonds is 6. The number of nitrogens with zero attached hydrogens (tertiary/aromatic N) is 4. The molecule has 0 amide bonds. The van der Waals surface area contributed by atoms with E-state index < -0.39 is 0 Å². The number of aromatic nitrogens is 4. The molecule has 104 valence electrons. The molecule has 0 unspecified atom stereocenters. The highest BCUT2D eigenvalue weighted by Crippen LogP contribution is 2.18. The van der Waals surface area contributed by atoms with E-state index in [1.807, 2.05) is 18.4 Å². The minimum absolute atomic E-state index is 0.277. The quantitative estimate of drug-likeness (QED) is 0.650. The summed E-state index contributed by atoms with van der Waals surface area (Å²) in [5, 5.41) is 14.0. The van der Waals surface area contributed by atoms with Gasteiger partial charge in [-0.2, -0.15) is 4.98 Å². The molecule has 0 radical (unpaired) electrons. The van der Waals surface area contributed by atoms with Crippen molar-refractivity contribution in [3.8, 4) is 0 Å². The first kappa shape index (κ1) is 14.3. The molecule has 0 atom stereocenters. The molecule has 5 nitrogen and oxygen atoms in total. The second kappa shape index (κ2) is 6.34. The van der Waals surface area contributed by atoms with Gasteiger partial charge < -0.3 is 5.11 Å². The summed E-state index contributed by atoms with van der Waals surface area (Å²) >= 11 is 1.65. The Morgan fingerprint density at radius 1 is 1.11 bits per heavy atom. The van der Waals surface area contributed by atoms with Gasteiger partial charge in [0.05, 0.1) is 0 Å². The van der Waals surface area contributed by atoms with Crippen molar-refractivity contribution >= 4 is 17.5 Å². The van der Waals surface area contributed by atoms with Crippen molar-refractivity contribution in [2.24, 2.45) is 0 Å². The van der Waals surface area contributed by atoms with E-state index in [-0.39, 0.29) is 6.61 Å². The van der Waals surface area contributed by atoms with Crippen molar-refractivity contribution in [3.63, 3.8) is 0 Å². The fourth-order valence-corrected chi connectivity index (χ4v) is 2.67. The fraction of sp³-hybridized carbons (Fsp3) is 0.615. The lowest BCUT2D eigenvalue weighted by Gasteiger charge is -2.04. The first-order valence-electron chi connectivity index (χ1n) is 6.57. The molecule has 2 rings (SSSR count). The molecule has 2 heterocycles. The highest BCUT2D eigenvalue weighted by molar-refractivity contribution is 7.99. The van der Waals surface area contributed by atoms with Gasteiger partial charge in [-0.3, -0.25) is 0 Å². The Balaban J connectivity index is 2.07. The zero-order valence-corrected chi connectivity index (χ0v) is 12.5. The molecule has 0 spiro atoms. The highest BCUT2D eigenvalue weighted by atomic mass is 32.2. The fourth-order valence-electron chi connectivity index (χ4n) is 1.85. The predicted octanol–water partition coefficient (Wildman–Crippen LogP) is 2.30. The standard InChI is InChI=1S/C13H20N4OS/c1-9-10(2)14-12-15-13(16-17(12)11(9)3)19-8-6-4-5-7-18/h18H,4-8H2,1-3H3. The lowest BCUT2D eigenvalue weighted by molar-refractivity contribution is 0.284. The van der Waals surface area contributed by atoms with Gasteiger partial charge in [-0.05, 0) is 39.2 Å². The van der Waals surface area contributed by atoms with Gasteiger partial charge in [-0.1, -0.05) is 18.2 Å². The van der Waals surface area contributed by atoms with Crippen molar-refractivity contribution in [2.75, 3.05) is 12.4 Å². The van der Waals surface area contributed by atoms with Crippen LogP contribution in [0.15, 0.2) is 5.16 Å². The molecule has 6 heteroatoms. The minimum Gasteiger partial charge on any atom is -0.396 e. The maximum atomic E-state index is 8.72. The van der Waals surface area contributed by atoms with Crippen LogP contribution in [0.2, 0.25) is 0 Å². The molecule has 2 aromatic heterocycles. The first-order chi connectivity index (χ1) is 9.13. The zero-order valence-electron chi connectivity index (χ0n) is 11.7. The molecule has 0 aliphatic rings. The van der Waals surface area contributed by atoms with Gasteiger partial charge in [-0.25, -0.2) is 9.50 Å². The summed E-state index contributed by atoms with van der Waals surface area (Å²) in [6.45, 7) is 6.37. The number of hydrogen-bond acceptors (Lipinski definition) is 5. The van der Waals surface area contributed by atoms with E-state index >= 15 is 0 Å². The monoisotopic (exact) mass is 280 g/mol. The number of aryl methyl sites for hydroxylation is 2.